The molecule has 7 heteroatoms. The van der Waals surface area contributed by atoms with Crippen molar-refractivity contribution in [2.45, 2.75) is 12.2 Å². The molecule has 0 bridgehead atoms. The fraction of sp³-hybridized carbons (Fsp3) is 0.400. The van der Waals surface area contributed by atoms with Gasteiger partial charge in [0.2, 0.25) is 0 Å². The van der Waals surface area contributed by atoms with E-state index >= 15 is 0 Å². The third kappa shape index (κ3) is 5.75. The summed E-state index contributed by atoms with van der Waals surface area (Å²) in [6.07, 6.45) is 0.723. The number of hydrogen-bond acceptors (Lipinski definition) is 7. The quantitative estimate of drug-likeness (QED) is 0.475. The highest BCUT2D eigenvalue weighted by Gasteiger charge is 2.22. The maximum absolute atomic E-state index is 11.0. The van der Waals surface area contributed by atoms with Crippen molar-refractivity contribution in [2.75, 3.05) is 58.2 Å². The van der Waals surface area contributed by atoms with Crippen LogP contribution in [-0.2, 0) is 0 Å². The summed E-state index contributed by atoms with van der Waals surface area (Å²) < 4.78 is 5.34. The number of benzene rings is 2. The van der Waals surface area contributed by atoms with Crippen molar-refractivity contribution in [2.24, 2.45) is 0 Å². The first-order valence-corrected chi connectivity index (χ1v) is 11.1. The molecule has 0 amide bonds. The number of aromatic nitrogens is 1. The highest BCUT2D eigenvalue weighted by Crippen LogP contribution is 2.27. The number of para-hydroxylation sites is 1. The average Bonchev–Trinajstić information content (AvgIpc) is 2.84. The Morgan fingerprint density at radius 3 is 2.41 bits per heavy atom. The molecule has 2 heterocycles. The van der Waals surface area contributed by atoms with E-state index in [9.17, 15) is 10.2 Å². The zero-order chi connectivity index (χ0) is 22.3. The minimum Gasteiger partial charge on any atom is -0.497 e. The average molecular weight is 437 g/mol. The van der Waals surface area contributed by atoms with Crippen molar-refractivity contribution in [3.63, 3.8) is 0 Å². The van der Waals surface area contributed by atoms with Crippen molar-refractivity contribution in [3.05, 3.63) is 66.4 Å². The third-order valence-electron chi connectivity index (χ3n) is 6.02. The lowest BCUT2D eigenvalue weighted by molar-refractivity contribution is 0.0518. The second kappa shape index (κ2) is 10.7. The Hall–Kier alpha value is -2.71. The number of anilines is 1. The molecule has 0 unspecified atom stereocenters. The van der Waals surface area contributed by atoms with Gasteiger partial charge < -0.3 is 20.3 Å². The summed E-state index contributed by atoms with van der Waals surface area (Å²) in [6.45, 7) is 5.22. The molecule has 7 nitrogen and oxygen atoms in total. The maximum Gasteiger partial charge on any atom is 0.119 e. The van der Waals surface area contributed by atoms with Crippen LogP contribution in [0.3, 0.4) is 0 Å². The van der Waals surface area contributed by atoms with Gasteiger partial charge in [-0.1, -0.05) is 18.2 Å². The van der Waals surface area contributed by atoms with E-state index in [1.54, 1.807) is 13.3 Å². The number of fused-ring (bicyclic) bond motifs is 1. The van der Waals surface area contributed by atoms with E-state index in [1.165, 1.54) is 0 Å². The second-order valence-corrected chi connectivity index (χ2v) is 8.30. The molecule has 32 heavy (non-hydrogen) atoms. The number of rotatable bonds is 9. The van der Waals surface area contributed by atoms with E-state index in [0.717, 1.165) is 54.1 Å². The smallest absolute Gasteiger partial charge is 0.119 e. The highest BCUT2D eigenvalue weighted by molar-refractivity contribution is 5.83. The number of ether oxygens (including phenoxy) is 1. The summed E-state index contributed by atoms with van der Waals surface area (Å²) >= 11 is 0. The van der Waals surface area contributed by atoms with E-state index in [4.69, 9.17) is 4.74 Å². The van der Waals surface area contributed by atoms with Crippen molar-refractivity contribution in [3.8, 4) is 5.75 Å². The van der Waals surface area contributed by atoms with Crippen molar-refractivity contribution >= 4 is 16.6 Å². The second-order valence-electron chi connectivity index (χ2n) is 8.30. The van der Waals surface area contributed by atoms with Crippen LogP contribution in [0.15, 0.2) is 60.8 Å². The minimum absolute atomic E-state index is 0.425. The molecular formula is C25H32N4O3. The fourth-order valence-corrected chi connectivity index (χ4v) is 4.22. The Bertz CT molecular complexity index is 993. The lowest BCUT2D eigenvalue weighted by atomic mass is 10.0. The summed E-state index contributed by atoms with van der Waals surface area (Å²) in [4.78, 5) is 8.97. The van der Waals surface area contributed by atoms with Crippen LogP contribution in [0.25, 0.3) is 10.9 Å². The molecule has 170 valence electrons. The Balaban J connectivity index is 1.26. The van der Waals surface area contributed by atoms with Crippen LogP contribution < -0.4 is 10.1 Å². The predicted octanol–water partition coefficient (Wildman–Crippen LogP) is 2.37. The number of nitrogens with zero attached hydrogens (tertiary/aromatic N) is 3. The monoisotopic (exact) mass is 436 g/mol. The van der Waals surface area contributed by atoms with Gasteiger partial charge in [0, 0.05) is 63.1 Å². The van der Waals surface area contributed by atoms with E-state index < -0.39 is 12.2 Å². The molecule has 3 N–H and O–H groups in total. The van der Waals surface area contributed by atoms with Gasteiger partial charge in [0.05, 0.1) is 24.8 Å². The van der Waals surface area contributed by atoms with Crippen molar-refractivity contribution < 1.29 is 14.9 Å². The molecule has 1 aliphatic heterocycles. The van der Waals surface area contributed by atoms with Gasteiger partial charge >= 0.3 is 0 Å². The molecule has 2 atom stereocenters. The molecular weight excluding hydrogens is 404 g/mol. The van der Waals surface area contributed by atoms with Gasteiger partial charge in [0.15, 0.2) is 0 Å². The largest absolute Gasteiger partial charge is 0.497 e. The first-order valence-electron chi connectivity index (χ1n) is 11.1. The van der Waals surface area contributed by atoms with Gasteiger partial charge in [0.25, 0.3) is 0 Å². The molecule has 0 radical (unpaired) electrons. The molecule has 0 saturated carbocycles. The molecule has 1 aromatic heterocycles. The van der Waals surface area contributed by atoms with Gasteiger partial charge in [0.1, 0.15) is 5.75 Å². The molecule has 4 rings (SSSR count). The standard InChI is InChI=1S/C25H32N4O3/c1-32-21-7-8-24-23(15-21)22(9-10-26-24)25(31)18-29-13-11-28(12-14-29)17-20(30)16-27-19-5-3-2-4-6-19/h2-10,15,20,25,27,30-31H,11-14,16-18H2,1H3/t20-,25-/m0/s1. The number of β-amino-alcohol motifs (C(OH)–C–C–N with tert-alkyl or cyclic N) is 2. The summed E-state index contributed by atoms with van der Waals surface area (Å²) in [6, 6.07) is 17.6. The summed E-state index contributed by atoms with van der Waals surface area (Å²) in [5.74, 6) is 0.757. The van der Waals surface area contributed by atoms with Crippen molar-refractivity contribution in [1.29, 1.82) is 0 Å². The predicted molar refractivity (Wildman–Crippen MR) is 127 cm³/mol. The van der Waals surface area contributed by atoms with Crippen LogP contribution in [0.1, 0.15) is 11.7 Å². The zero-order valence-corrected chi connectivity index (χ0v) is 18.5. The molecule has 2 aromatic carbocycles. The van der Waals surface area contributed by atoms with Gasteiger partial charge in [-0.2, -0.15) is 0 Å². The number of methoxy groups -OCH3 is 1. The number of hydrogen-bond donors (Lipinski definition) is 3. The number of aliphatic hydroxyl groups is 2. The fourth-order valence-electron chi connectivity index (χ4n) is 4.22. The van der Waals surface area contributed by atoms with Crippen LogP contribution in [-0.4, -0.2) is 84.0 Å². The SMILES string of the molecule is COc1ccc2nccc([C@@H](O)CN3CCN(C[C@@H](O)CNc4ccccc4)CC3)c2c1. The first-order chi connectivity index (χ1) is 15.6. The van der Waals surface area contributed by atoms with Crippen molar-refractivity contribution in [1.82, 2.24) is 14.8 Å². The first kappa shape index (κ1) is 22.5. The summed E-state index contributed by atoms with van der Waals surface area (Å²) in [5, 5.41) is 25.5. The van der Waals surface area contributed by atoms with Gasteiger partial charge in [-0.25, -0.2) is 0 Å². The van der Waals surface area contributed by atoms with E-state index in [2.05, 4.69) is 20.1 Å². The van der Waals surface area contributed by atoms with E-state index in [-0.39, 0.29) is 0 Å². The summed E-state index contributed by atoms with van der Waals surface area (Å²) in [5.41, 5.74) is 2.75. The van der Waals surface area contributed by atoms with Crippen LogP contribution in [0.4, 0.5) is 5.69 Å². The normalized spacial score (nSPS) is 17.2. The molecule has 0 spiro atoms. The Morgan fingerprint density at radius 2 is 1.69 bits per heavy atom. The summed E-state index contributed by atoms with van der Waals surface area (Å²) in [7, 11) is 1.64. The Kier molecular flexibility index (Phi) is 7.55. The lowest BCUT2D eigenvalue weighted by Gasteiger charge is -2.36. The molecule has 3 aromatic rings. The third-order valence-corrected chi connectivity index (χ3v) is 6.02. The zero-order valence-electron chi connectivity index (χ0n) is 18.5. The minimum atomic E-state index is -0.597. The Labute approximate surface area is 189 Å². The molecule has 1 saturated heterocycles. The van der Waals surface area contributed by atoms with E-state index in [1.807, 2.05) is 54.6 Å². The topological polar surface area (TPSA) is 81.1 Å². The number of piperazine rings is 1. The molecule has 1 aliphatic rings. The van der Waals surface area contributed by atoms with Gasteiger partial charge in [-0.3, -0.25) is 14.8 Å². The highest BCUT2D eigenvalue weighted by atomic mass is 16.5. The van der Waals surface area contributed by atoms with Crippen LogP contribution >= 0.6 is 0 Å². The van der Waals surface area contributed by atoms with Gasteiger partial charge in [-0.05, 0) is 42.0 Å². The molecule has 1 fully saturated rings. The van der Waals surface area contributed by atoms with Crippen LogP contribution in [0, 0.1) is 0 Å². The van der Waals surface area contributed by atoms with E-state index in [0.29, 0.717) is 19.6 Å². The number of aliphatic hydroxyl groups excluding tert-OH is 2. The van der Waals surface area contributed by atoms with Gasteiger partial charge in [-0.15, -0.1) is 0 Å². The Morgan fingerprint density at radius 1 is 0.969 bits per heavy atom. The molecule has 0 aliphatic carbocycles. The lowest BCUT2D eigenvalue weighted by Crippen LogP contribution is -2.50. The van der Waals surface area contributed by atoms with Crippen LogP contribution in [0.5, 0.6) is 5.75 Å². The van der Waals surface area contributed by atoms with Crippen LogP contribution in [0.2, 0.25) is 0 Å². The maximum atomic E-state index is 11.0. The number of nitrogens with one attached hydrogen (secondary N) is 1. The number of pyridine rings is 1.